The summed E-state index contributed by atoms with van der Waals surface area (Å²) in [5.74, 6) is -1.69. The molecular weight excluding hydrogens is 436 g/mol. The van der Waals surface area contributed by atoms with Gasteiger partial charge in [-0.3, -0.25) is 0 Å². The first-order valence-electron chi connectivity index (χ1n) is 11.0. The standard InChI is InChI=1S/C27H26O7/c28-24-22(17-31-16-19-10-4-1-5-11-19)23(18-32-25(29)20-12-6-2-7-13-20)33-27(24)34-26(30)21-14-8-3-9-15-21/h1-15,22-24,27-28H,16-18H2/t22?,23-,24?,27-/m1/s1. The summed E-state index contributed by atoms with van der Waals surface area (Å²) in [7, 11) is 0. The average molecular weight is 462 g/mol. The molecule has 0 aliphatic carbocycles. The molecule has 1 aliphatic rings. The molecular formula is C27H26O7. The summed E-state index contributed by atoms with van der Waals surface area (Å²) in [5.41, 5.74) is 1.73. The van der Waals surface area contributed by atoms with E-state index in [9.17, 15) is 14.7 Å². The van der Waals surface area contributed by atoms with Gasteiger partial charge in [0.25, 0.3) is 0 Å². The van der Waals surface area contributed by atoms with Crippen LogP contribution in [0, 0.1) is 5.92 Å². The molecule has 4 atom stereocenters. The maximum Gasteiger partial charge on any atom is 0.340 e. The van der Waals surface area contributed by atoms with Gasteiger partial charge >= 0.3 is 11.9 Å². The highest BCUT2D eigenvalue weighted by atomic mass is 16.7. The molecule has 4 rings (SSSR count). The Labute approximate surface area is 197 Å². The van der Waals surface area contributed by atoms with Crippen LogP contribution in [0.2, 0.25) is 0 Å². The van der Waals surface area contributed by atoms with Crippen molar-refractivity contribution in [3.05, 3.63) is 108 Å². The van der Waals surface area contributed by atoms with E-state index in [1.807, 2.05) is 30.3 Å². The molecule has 3 aromatic rings. The Hall–Kier alpha value is -3.52. The van der Waals surface area contributed by atoms with Crippen molar-refractivity contribution >= 4 is 11.9 Å². The van der Waals surface area contributed by atoms with Gasteiger partial charge in [0.05, 0.1) is 24.3 Å². The number of benzene rings is 3. The molecule has 7 nitrogen and oxygen atoms in total. The van der Waals surface area contributed by atoms with Crippen LogP contribution in [0.3, 0.4) is 0 Å². The number of aliphatic hydroxyl groups is 1. The van der Waals surface area contributed by atoms with E-state index < -0.39 is 36.4 Å². The van der Waals surface area contributed by atoms with E-state index in [4.69, 9.17) is 18.9 Å². The van der Waals surface area contributed by atoms with Gasteiger partial charge in [0.2, 0.25) is 6.29 Å². The van der Waals surface area contributed by atoms with Crippen molar-refractivity contribution in [2.75, 3.05) is 13.2 Å². The third-order valence-electron chi connectivity index (χ3n) is 5.55. The lowest BCUT2D eigenvalue weighted by Gasteiger charge is -2.20. The molecule has 1 saturated heterocycles. The molecule has 1 fully saturated rings. The third-order valence-corrected chi connectivity index (χ3v) is 5.55. The second-order valence-electron chi connectivity index (χ2n) is 7.93. The van der Waals surface area contributed by atoms with Crippen molar-refractivity contribution < 1.29 is 33.6 Å². The van der Waals surface area contributed by atoms with Gasteiger partial charge in [-0.25, -0.2) is 9.59 Å². The van der Waals surface area contributed by atoms with Crippen LogP contribution in [0.1, 0.15) is 26.3 Å². The van der Waals surface area contributed by atoms with E-state index in [-0.39, 0.29) is 13.2 Å². The van der Waals surface area contributed by atoms with Gasteiger partial charge in [-0.1, -0.05) is 66.7 Å². The lowest BCUT2D eigenvalue weighted by Crippen LogP contribution is -2.34. The fraction of sp³-hybridized carbons (Fsp3) is 0.259. The number of hydrogen-bond acceptors (Lipinski definition) is 7. The first-order valence-corrected chi connectivity index (χ1v) is 11.0. The Balaban J connectivity index is 1.40. The van der Waals surface area contributed by atoms with Crippen molar-refractivity contribution in [3.8, 4) is 0 Å². The molecule has 3 aromatic carbocycles. The molecule has 0 amide bonds. The molecule has 0 bridgehead atoms. The lowest BCUT2D eigenvalue weighted by molar-refractivity contribution is -0.139. The van der Waals surface area contributed by atoms with Crippen molar-refractivity contribution in [1.82, 2.24) is 0 Å². The fourth-order valence-electron chi connectivity index (χ4n) is 3.69. The lowest BCUT2D eigenvalue weighted by atomic mass is 10.00. The molecule has 176 valence electrons. The van der Waals surface area contributed by atoms with Crippen LogP contribution in [0.25, 0.3) is 0 Å². The third kappa shape index (κ3) is 6.08. The van der Waals surface area contributed by atoms with Gasteiger partial charge in [0, 0.05) is 5.92 Å². The van der Waals surface area contributed by atoms with Gasteiger partial charge in [0.1, 0.15) is 18.8 Å². The summed E-state index contributed by atoms with van der Waals surface area (Å²) in [6.45, 7) is 0.349. The highest BCUT2D eigenvalue weighted by Gasteiger charge is 2.46. The van der Waals surface area contributed by atoms with E-state index in [0.29, 0.717) is 17.7 Å². The zero-order chi connectivity index (χ0) is 23.8. The van der Waals surface area contributed by atoms with Crippen molar-refractivity contribution in [2.45, 2.75) is 25.1 Å². The Morgan fingerprint density at radius 1 is 0.765 bits per heavy atom. The molecule has 0 aromatic heterocycles. The van der Waals surface area contributed by atoms with E-state index in [1.165, 1.54) is 0 Å². The predicted molar refractivity (Wildman–Crippen MR) is 123 cm³/mol. The summed E-state index contributed by atoms with van der Waals surface area (Å²) >= 11 is 0. The summed E-state index contributed by atoms with van der Waals surface area (Å²) in [6, 6.07) is 26.7. The first kappa shape index (κ1) is 23.6. The number of carbonyl (C=O) groups excluding carboxylic acids is 2. The number of carbonyl (C=O) groups is 2. The maximum atomic E-state index is 12.5. The molecule has 34 heavy (non-hydrogen) atoms. The van der Waals surface area contributed by atoms with Gasteiger partial charge in [-0.15, -0.1) is 0 Å². The second kappa shape index (κ2) is 11.6. The van der Waals surface area contributed by atoms with E-state index >= 15 is 0 Å². The van der Waals surface area contributed by atoms with Gasteiger partial charge in [-0.2, -0.15) is 0 Å². The van der Waals surface area contributed by atoms with Crippen molar-refractivity contribution in [2.24, 2.45) is 5.92 Å². The molecule has 2 unspecified atom stereocenters. The molecule has 0 spiro atoms. The summed E-state index contributed by atoms with van der Waals surface area (Å²) in [4.78, 5) is 24.9. The summed E-state index contributed by atoms with van der Waals surface area (Å²) in [6.07, 6.45) is -3.07. The molecule has 0 radical (unpaired) electrons. The summed E-state index contributed by atoms with van der Waals surface area (Å²) in [5, 5.41) is 10.9. The molecule has 1 N–H and O–H groups in total. The van der Waals surface area contributed by atoms with Crippen LogP contribution in [0.15, 0.2) is 91.0 Å². The molecule has 0 saturated carbocycles. The number of aliphatic hydroxyl groups excluding tert-OH is 1. The topological polar surface area (TPSA) is 91.3 Å². The van der Waals surface area contributed by atoms with E-state index in [2.05, 4.69) is 0 Å². The highest BCUT2D eigenvalue weighted by Crippen LogP contribution is 2.30. The Kier molecular flexibility index (Phi) is 8.04. The minimum absolute atomic E-state index is 0.121. The smallest absolute Gasteiger partial charge is 0.340 e. The Morgan fingerprint density at radius 2 is 1.32 bits per heavy atom. The molecule has 1 aliphatic heterocycles. The predicted octanol–water partition coefficient (Wildman–Crippen LogP) is 3.62. The normalized spacial score (nSPS) is 21.7. The van der Waals surface area contributed by atoms with Crippen LogP contribution in [0.4, 0.5) is 0 Å². The number of hydrogen-bond donors (Lipinski definition) is 1. The van der Waals surface area contributed by atoms with Crippen molar-refractivity contribution in [1.29, 1.82) is 0 Å². The largest absolute Gasteiger partial charge is 0.459 e. The van der Waals surface area contributed by atoms with Crippen molar-refractivity contribution in [3.63, 3.8) is 0 Å². The Bertz CT molecular complexity index is 1060. The quantitative estimate of drug-likeness (QED) is 0.486. The van der Waals surface area contributed by atoms with Crippen LogP contribution in [-0.4, -0.2) is 48.8 Å². The SMILES string of the molecule is O=C(OC[C@H]1O[C@H](OC(=O)c2ccccc2)C(O)C1COCc1ccccc1)c1ccccc1. The van der Waals surface area contributed by atoms with Crippen LogP contribution < -0.4 is 0 Å². The number of rotatable bonds is 9. The highest BCUT2D eigenvalue weighted by molar-refractivity contribution is 5.89. The molecule has 1 heterocycles. The first-order chi connectivity index (χ1) is 16.6. The van der Waals surface area contributed by atoms with Crippen LogP contribution in [-0.2, 0) is 25.6 Å². The minimum atomic E-state index is -1.21. The van der Waals surface area contributed by atoms with E-state index in [1.54, 1.807) is 60.7 Å². The van der Waals surface area contributed by atoms with Gasteiger partial charge < -0.3 is 24.1 Å². The van der Waals surface area contributed by atoms with Gasteiger partial charge in [-0.05, 0) is 29.8 Å². The average Bonchev–Trinajstić information content (AvgIpc) is 3.18. The van der Waals surface area contributed by atoms with Crippen LogP contribution >= 0.6 is 0 Å². The Morgan fingerprint density at radius 3 is 1.94 bits per heavy atom. The zero-order valence-electron chi connectivity index (χ0n) is 18.5. The summed E-state index contributed by atoms with van der Waals surface area (Å²) < 4.78 is 22.5. The molecule has 7 heteroatoms. The minimum Gasteiger partial charge on any atom is -0.459 e. The zero-order valence-corrected chi connectivity index (χ0v) is 18.5. The number of esters is 2. The maximum absolute atomic E-state index is 12.5. The number of ether oxygens (including phenoxy) is 4. The fourth-order valence-corrected chi connectivity index (χ4v) is 3.69. The van der Waals surface area contributed by atoms with Crippen LogP contribution in [0.5, 0.6) is 0 Å². The van der Waals surface area contributed by atoms with Gasteiger partial charge in [0.15, 0.2) is 0 Å². The second-order valence-corrected chi connectivity index (χ2v) is 7.93. The van der Waals surface area contributed by atoms with E-state index in [0.717, 1.165) is 5.56 Å². The monoisotopic (exact) mass is 462 g/mol.